The van der Waals surface area contributed by atoms with E-state index < -0.39 is 0 Å². The molecule has 0 radical (unpaired) electrons. The van der Waals surface area contributed by atoms with E-state index in [2.05, 4.69) is 17.6 Å². The fourth-order valence-electron chi connectivity index (χ4n) is 2.33. The molecule has 0 aromatic carbocycles. The normalized spacial score (nSPS) is 31.8. The van der Waals surface area contributed by atoms with Gasteiger partial charge in [-0.1, -0.05) is 12.8 Å². The van der Waals surface area contributed by atoms with Crippen molar-refractivity contribution < 1.29 is 4.74 Å². The van der Waals surface area contributed by atoms with Gasteiger partial charge in [-0.15, -0.1) is 0 Å². The summed E-state index contributed by atoms with van der Waals surface area (Å²) < 4.78 is 5.38. The molecule has 1 saturated carbocycles. The van der Waals surface area contributed by atoms with Crippen molar-refractivity contribution in [3.8, 4) is 0 Å². The zero-order valence-electron chi connectivity index (χ0n) is 9.34. The van der Waals surface area contributed by atoms with Crippen LogP contribution in [0.3, 0.4) is 0 Å². The minimum Gasteiger partial charge on any atom is -0.379 e. The summed E-state index contributed by atoms with van der Waals surface area (Å²) in [6, 6.07) is 0.593. The number of hydrogen-bond donors (Lipinski definition) is 2. The molecule has 3 nitrogen and oxygen atoms in total. The van der Waals surface area contributed by atoms with Crippen LogP contribution in [0.2, 0.25) is 0 Å². The summed E-state index contributed by atoms with van der Waals surface area (Å²) in [5.74, 6) is 0. The molecule has 0 aromatic rings. The van der Waals surface area contributed by atoms with Crippen molar-refractivity contribution in [3.63, 3.8) is 0 Å². The van der Waals surface area contributed by atoms with Crippen LogP contribution in [0.1, 0.15) is 39.0 Å². The summed E-state index contributed by atoms with van der Waals surface area (Å²) in [5.41, 5.74) is 0.0443. The maximum Gasteiger partial charge on any atom is 0.167 e. The Labute approximate surface area is 96.9 Å². The van der Waals surface area contributed by atoms with E-state index in [9.17, 15) is 0 Å². The van der Waals surface area contributed by atoms with Crippen LogP contribution in [0.15, 0.2) is 0 Å². The molecule has 0 aromatic heterocycles. The molecular formula is C11H20N2OS. The number of hydrogen-bond acceptors (Lipinski definition) is 2. The third kappa shape index (κ3) is 3.05. The second kappa shape index (κ2) is 4.66. The Kier molecular flexibility index (Phi) is 3.46. The van der Waals surface area contributed by atoms with E-state index in [0.717, 1.165) is 24.7 Å². The van der Waals surface area contributed by atoms with Crippen LogP contribution in [0.25, 0.3) is 0 Å². The van der Waals surface area contributed by atoms with Gasteiger partial charge < -0.3 is 15.4 Å². The van der Waals surface area contributed by atoms with Crippen LogP contribution in [-0.2, 0) is 4.74 Å². The van der Waals surface area contributed by atoms with Crippen molar-refractivity contribution >= 4 is 17.3 Å². The molecule has 2 N–H and O–H groups in total. The lowest BCUT2D eigenvalue weighted by molar-refractivity contribution is 0.177. The molecule has 2 rings (SSSR count). The average Bonchev–Trinajstić information content (AvgIpc) is 2.76. The Bertz CT molecular complexity index is 233. The molecule has 0 spiro atoms. The van der Waals surface area contributed by atoms with Crippen LogP contribution in [0, 0.1) is 0 Å². The summed E-state index contributed by atoms with van der Waals surface area (Å²) in [6.07, 6.45) is 6.23. The SMILES string of the molecule is CC1(NC(=S)NC2CCCC2)CCOC1. The maximum atomic E-state index is 5.38. The zero-order chi connectivity index (χ0) is 10.7. The highest BCUT2D eigenvalue weighted by atomic mass is 32.1. The number of nitrogens with one attached hydrogen (secondary N) is 2. The Morgan fingerprint density at radius 2 is 2.13 bits per heavy atom. The van der Waals surface area contributed by atoms with Crippen molar-refractivity contribution in [2.45, 2.75) is 50.6 Å². The topological polar surface area (TPSA) is 33.3 Å². The standard InChI is InChI=1S/C11H20N2OS/c1-11(6-7-14-8-11)13-10(15)12-9-4-2-3-5-9/h9H,2-8H2,1H3,(H2,12,13,15). The van der Waals surface area contributed by atoms with Gasteiger partial charge in [-0.05, 0) is 38.4 Å². The maximum absolute atomic E-state index is 5.38. The third-order valence-electron chi connectivity index (χ3n) is 3.32. The van der Waals surface area contributed by atoms with E-state index >= 15 is 0 Å². The van der Waals surface area contributed by atoms with E-state index in [1.807, 2.05) is 0 Å². The van der Waals surface area contributed by atoms with Gasteiger partial charge in [0.2, 0.25) is 0 Å². The Balaban J connectivity index is 1.76. The van der Waals surface area contributed by atoms with Gasteiger partial charge in [0.25, 0.3) is 0 Å². The molecule has 2 aliphatic rings. The molecule has 1 aliphatic heterocycles. The highest BCUT2D eigenvalue weighted by Crippen LogP contribution is 2.19. The quantitative estimate of drug-likeness (QED) is 0.703. The first-order valence-corrected chi connectivity index (χ1v) is 6.25. The number of ether oxygens (including phenoxy) is 1. The van der Waals surface area contributed by atoms with Crippen LogP contribution in [-0.4, -0.2) is 29.9 Å². The van der Waals surface area contributed by atoms with E-state index in [-0.39, 0.29) is 5.54 Å². The van der Waals surface area contributed by atoms with Gasteiger partial charge in [-0.3, -0.25) is 0 Å². The second-order valence-corrected chi connectivity index (χ2v) is 5.35. The van der Waals surface area contributed by atoms with E-state index in [1.165, 1.54) is 25.7 Å². The van der Waals surface area contributed by atoms with Crippen LogP contribution < -0.4 is 10.6 Å². The molecule has 1 aliphatic carbocycles. The first-order chi connectivity index (χ1) is 7.18. The minimum absolute atomic E-state index is 0.0443. The van der Waals surface area contributed by atoms with Gasteiger partial charge in [0.05, 0.1) is 12.1 Å². The Hall–Kier alpha value is -0.350. The number of rotatable bonds is 2. The van der Waals surface area contributed by atoms with Gasteiger partial charge in [0.15, 0.2) is 5.11 Å². The van der Waals surface area contributed by atoms with Crippen molar-refractivity contribution in [2.24, 2.45) is 0 Å². The van der Waals surface area contributed by atoms with Gasteiger partial charge in [0, 0.05) is 12.6 Å². The molecule has 1 unspecified atom stereocenters. The van der Waals surface area contributed by atoms with Crippen LogP contribution in [0.5, 0.6) is 0 Å². The first kappa shape index (κ1) is 11.1. The lowest BCUT2D eigenvalue weighted by atomic mass is 10.0. The average molecular weight is 228 g/mol. The first-order valence-electron chi connectivity index (χ1n) is 5.84. The Morgan fingerprint density at radius 3 is 2.73 bits per heavy atom. The molecule has 1 saturated heterocycles. The molecule has 1 atom stereocenters. The second-order valence-electron chi connectivity index (χ2n) is 4.94. The third-order valence-corrected chi connectivity index (χ3v) is 3.54. The summed E-state index contributed by atoms with van der Waals surface area (Å²) in [4.78, 5) is 0. The van der Waals surface area contributed by atoms with Crippen molar-refractivity contribution in [3.05, 3.63) is 0 Å². The van der Waals surface area contributed by atoms with E-state index in [4.69, 9.17) is 17.0 Å². The van der Waals surface area contributed by atoms with Gasteiger partial charge in [-0.25, -0.2) is 0 Å². The summed E-state index contributed by atoms with van der Waals surface area (Å²) >= 11 is 5.32. The smallest absolute Gasteiger partial charge is 0.167 e. The molecule has 1 heterocycles. The van der Waals surface area contributed by atoms with E-state index in [1.54, 1.807) is 0 Å². The molecular weight excluding hydrogens is 208 g/mol. The van der Waals surface area contributed by atoms with Gasteiger partial charge in [-0.2, -0.15) is 0 Å². The fraction of sp³-hybridized carbons (Fsp3) is 0.909. The molecule has 0 bridgehead atoms. The Morgan fingerprint density at radius 1 is 1.40 bits per heavy atom. The zero-order valence-corrected chi connectivity index (χ0v) is 10.2. The van der Waals surface area contributed by atoms with Gasteiger partial charge in [0.1, 0.15) is 0 Å². The predicted molar refractivity (Wildman–Crippen MR) is 65.0 cm³/mol. The highest BCUT2D eigenvalue weighted by molar-refractivity contribution is 7.80. The summed E-state index contributed by atoms with van der Waals surface area (Å²) in [6.45, 7) is 3.78. The predicted octanol–water partition coefficient (Wildman–Crippen LogP) is 1.57. The molecule has 15 heavy (non-hydrogen) atoms. The van der Waals surface area contributed by atoms with Crippen molar-refractivity contribution in [1.29, 1.82) is 0 Å². The summed E-state index contributed by atoms with van der Waals surface area (Å²) in [7, 11) is 0. The lowest BCUT2D eigenvalue weighted by Crippen LogP contribution is -2.52. The van der Waals surface area contributed by atoms with Crippen molar-refractivity contribution in [2.75, 3.05) is 13.2 Å². The molecule has 86 valence electrons. The van der Waals surface area contributed by atoms with Gasteiger partial charge >= 0.3 is 0 Å². The minimum atomic E-state index is 0.0443. The molecule has 0 amide bonds. The van der Waals surface area contributed by atoms with Crippen LogP contribution in [0.4, 0.5) is 0 Å². The van der Waals surface area contributed by atoms with E-state index in [0.29, 0.717) is 6.04 Å². The monoisotopic (exact) mass is 228 g/mol. The number of thiocarbonyl (C=S) groups is 1. The molecule has 2 fully saturated rings. The van der Waals surface area contributed by atoms with Crippen molar-refractivity contribution in [1.82, 2.24) is 10.6 Å². The highest BCUT2D eigenvalue weighted by Gasteiger charge is 2.30. The fourth-order valence-corrected chi connectivity index (χ4v) is 2.74. The lowest BCUT2D eigenvalue weighted by Gasteiger charge is -2.27. The largest absolute Gasteiger partial charge is 0.379 e. The summed E-state index contributed by atoms with van der Waals surface area (Å²) in [5, 5.41) is 7.57. The molecule has 4 heteroatoms. The van der Waals surface area contributed by atoms with Crippen LogP contribution >= 0.6 is 12.2 Å².